The average Bonchev–Trinajstić information content (AvgIpc) is 2.17. The maximum atomic E-state index is 10.8. The van der Waals surface area contributed by atoms with E-state index in [0.29, 0.717) is 5.56 Å². The molecule has 0 fully saturated rings. The predicted molar refractivity (Wildman–Crippen MR) is 59.6 cm³/mol. The first kappa shape index (κ1) is 9.34. The largest absolute Gasteiger partial charge is 0.298 e. The van der Waals surface area contributed by atoms with Gasteiger partial charge in [0.25, 0.3) is 0 Å². The lowest BCUT2D eigenvalue weighted by Gasteiger charge is -2.02. The number of hydrogen-bond acceptors (Lipinski definition) is 2. The molecule has 1 heterocycles. The first-order chi connectivity index (χ1) is 6.70. The highest BCUT2D eigenvalue weighted by Crippen LogP contribution is 2.21. The normalized spacial score (nSPS) is 10.4. The number of nitrogens with zero attached hydrogens (tertiary/aromatic N) is 1. The predicted octanol–water partition coefficient (Wildman–Crippen LogP) is 3.12. The van der Waals surface area contributed by atoms with Crippen LogP contribution in [0.2, 0.25) is 0 Å². The lowest BCUT2D eigenvalue weighted by molar-refractivity contribution is 0.112. The number of pyridine rings is 1. The van der Waals surface area contributed by atoms with Crippen LogP contribution in [0, 0.1) is 6.92 Å². The van der Waals surface area contributed by atoms with Crippen LogP contribution in [-0.2, 0) is 0 Å². The highest BCUT2D eigenvalue weighted by molar-refractivity contribution is 9.10. The molecule has 1 aromatic heterocycles. The van der Waals surface area contributed by atoms with Gasteiger partial charge in [0.1, 0.15) is 0 Å². The highest BCUT2D eigenvalue weighted by atomic mass is 79.9. The van der Waals surface area contributed by atoms with Crippen molar-refractivity contribution >= 4 is 33.1 Å². The fraction of sp³-hybridized carbons (Fsp3) is 0.0909. The summed E-state index contributed by atoms with van der Waals surface area (Å²) in [6.45, 7) is 1.88. The van der Waals surface area contributed by atoms with Crippen LogP contribution in [0.3, 0.4) is 0 Å². The Morgan fingerprint density at radius 2 is 2.14 bits per heavy atom. The van der Waals surface area contributed by atoms with Crippen LogP contribution in [0.1, 0.15) is 16.1 Å². The van der Waals surface area contributed by atoms with Crippen molar-refractivity contribution in [3.8, 4) is 0 Å². The van der Waals surface area contributed by atoms with E-state index in [4.69, 9.17) is 0 Å². The van der Waals surface area contributed by atoms with E-state index < -0.39 is 0 Å². The average molecular weight is 250 g/mol. The summed E-state index contributed by atoms with van der Waals surface area (Å²) in [5.41, 5.74) is 2.41. The Balaban J connectivity index is 2.88. The smallest absolute Gasteiger partial charge is 0.150 e. The molecule has 2 aromatic rings. The number of carbonyl (C=O) groups is 1. The van der Waals surface area contributed by atoms with Crippen molar-refractivity contribution in [1.82, 2.24) is 4.98 Å². The van der Waals surface area contributed by atoms with Crippen LogP contribution < -0.4 is 0 Å². The summed E-state index contributed by atoms with van der Waals surface area (Å²) in [4.78, 5) is 15.2. The number of aryl methyl sites for hydroxylation is 1. The highest BCUT2D eigenvalue weighted by Gasteiger charge is 2.03. The van der Waals surface area contributed by atoms with Gasteiger partial charge in [-0.25, -0.2) is 0 Å². The number of aromatic nitrogens is 1. The van der Waals surface area contributed by atoms with Gasteiger partial charge in [0.05, 0.1) is 5.52 Å². The summed E-state index contributed by atoms with van der Waals surface area (Å²) in [5, 5.41) is 0.889. The number of aldehydes is 1. The third-order valence-corrected chi connectivity index (χ3v) is 2.55. The molecule has 2 nitrogen and oxygen atoms in total. The number of halogens is 1. The van der Waals surface area contributed by atoms with Gasteiger partial charge < -0.3 is 0 Å². The second-order valence-corrected chi connectivity index (χ2v) is 4.05. The molecule has 0 radical (unpaired) electrons. The third kappa shape index (κ3) is 1.55. The molecule has 0 amide bonds. The van der Waals surface area contributed by atoms with Crippen molar-refractivity contribution in [2.24, 2.45) is 0 Å². The topological polar surface area (TPSA) is 30.0 Å². The Morgan fingerprint density at radius 1 is 1.36 bits per heavy atom. The Hall–Kier alpha value is -1.22. The molecule has 0 saturated heterocycles. The fourth-order valence-electron chi connectivity index (χ4n) is 1.46. The van der Waals surface area contributed by atoms with Crippen molar-refractivity contribution in [2.45, 2.75) is 6.92 Å². The van der Waals surface area contributed by atoms with E-state index in [1.165, 1.54) is 0 Å². The Morgan fingerprint density at radius 3 is 2.86 bits per heavy atom. The van der Waals surface area contributed by atoms with E-state index in [-0.39, 0.29) is 0 Å². The van der Waals surface area contributed by atoms with E-state index in [9.17, 15) is 4.79 Å². The Kier molecular flexibility index (Phi) is 2.33. The number of carbonyl (C=O) groups excluding carboxylic acids is 1. The number of rotatable bonds is 1. The molecule has 70 valence electrons. The van der Waals surface area contributed by atoms with Crippen LogP contribution in [0.15, 0.2) is 28.7 Å². The fourth-order valence-corrected chi connectivity index (χ4v) is 1.82. The molecule has 0 N–H and O–H groups in total. The number of hydrogen-bond donors (Lipinski definition) is 0. The monoisotopic (exact) mass is 249 g/mol. The van der Waals surface area contributed by atoms with Crippen molar-refractivity contribution < 1.29 is 4.79 Å². The molecule has 2 rings (SSSR count). The van der Waals surface area contributed by atoms with Crippen LogP contribution in [-0.4, -0.2) is 11.3 Å². The molecule has 0 bridgehead atoms. The Labute approximate surface area is 90.1 Å². The summed E-state index contributed by atoms with van der Waals surface area (Å²) < 4.78 is 0.957. The van der Waals surface area contributed by atoms with Crippen molar-refractivity contribution in [3.63, 3.8) is 0 Å². The van der Waals surface area contributed by atoms with Crippen LogP contribution in [0.5, 0.6) is 0 Å². The first-order valence-corrected chi connectivity index (χ1v) is 5.02. The van der Waals surface area contributed by atoms with Gasteiger partial charge in [-0.3, -0.25) is 9.78 Å². The van der Waals surface area contributed by atoms with Crippen LogP contribution >= 0.6 is 15.9 Å². The SMILES string of the molecule is Cc1cc(C=O)c2cc(Br)ccc2n1. The molecule has 0 aliphatic heterocycles. The van der Waals surface area contributed by atoms with E-state index in [0.717, 1.165) is 27.4 Å². The van der Waals surface area contributed by atoms with Gasteiger partial charge in [-0.1, -0.05) is 15.9 Å². The van der Waals surface area contributed by atoms with E-state index in [1.807, 2.05) is 25.1 Å². The maximum Gasteiger partial charge on any atom is 0.150 e. The lowest BCUT2D eigenvalue weighted by Crippen LogP contribution is -1.90. The van der Waals surface area contributed by atoms with Crippen LogP contribution in [0.25, 0.3) is 10.9 Å². The zero-order valence-electron chi connectivity index (χ0n) is 7.62. The molecule has 0 aliphatic carbocycles. The summed E-state index contributed by atoms with van der Waals surface area (Å²) in [7, 11) is 0. The van der Waals surface area contributed by atoms with Crippen molar-refractivity contribution in [3.05, 3.63) is 40.0 Å². The second kappa shape index (κ2) is 3.50. The molecule has 3 heteroatoms. The molecule has 0 aliphatic rings. The van der Waals surface area contributed by atoms with Gasteiger partial charge in [-0.05, 0) is 31.2 Å². The zero-order chi connectivity index (χ0) is 10.1. The van der Waals surface area contributed by atoms with Gasteiger partial charge in [0.2, 0.25) is 0 Å². The minimum absolute atomic E-state index is 0.689. The summed E-state index contributed by atoms with van der Waals surface area (Å²) in [5.74, 6) is 0. The van der Waals surface area contributed by atoms with Crippen molar-refractivity contribution in [2.75, 3.05) is 0 Å². The molecule has 0 unspecified atom stereocenters. The summed E-state index contributed by atoms with van der Waals surface area (Å²) >= 11 is 3.37. The van der Waals surface area contributed by atoms with E-state index in [1.54, 1.807) is 6.07 Å². The van der Waals surface area contributed by atoms with Gasteiger partial charge in [-0.15, -0.1) is 0 Å². The zero-order valence-corrected chi connectivity index (χ0v) is 9.21. The van der Waals surface area contributed by atoms with Gasteiger partial charge in [-0.2, -0.15) is 0 Å². The first-order valence-electron chi connectivity index (χ1n) is 4.23. The number of fused-ring (bicyclic) bond motifs is 1. The van der Waals surface area contributed by atoms with Gasteiger partial charge >= 0.3 is 0 Å². The number of benzene rings is 1. The maximum absolute atomic E-state index is 10.8. The van der Waals surface area contributed by atoms with E-state index in [2.05, 4.69) is 20.9 Å². The summed E-state index contributed by atoms with van der Waals surface area (Å²) in [6, 6.07) is 7.52. The second-order valence-electron chi connectivity index (χ2n) is 3.13. The van der Waals surface area contributed by atoms with E-state index >= 15 is 0 Å². The minimum atomic E-state index is 0.689. The molecule has 0 atom stereocenters. The van der Waals surface area contributed by atoms with Gasteiger partial charge in [0, 0.05) is 21.1 Å². The van der Waals surface area contributed by atoms with Crippen molar-refractivity contribution in [1.29, 1.82) is 0 Å². The standard InChI is InChI=1S/C11H8BrNO/c1-7-4-8(6-14)10-5-9(12)2-3-11(10)13-7/h2-6H,1H3. The molecule has 1 aromatic carbocycles. The molecule has 0 spiro atoms. The minimum Gasteiger partial charge on any atom is -0.298 e. The lowest BCUT2D eigenvalue weighted by atomic mass is 10.1. The Bertz CT molecular complexity index is 508. The van der Waals surface area contributed by atoms with Crippen LogP contribution in [0.4, 0.5) is 0 Å². The molecule has 14 heavy (non-hydrogen) atoms. The summed E-state index contributed by atoms with van der Waals surface area (Å²) in [6.07, 6.45) is 0.865. The third-order valence-electron chi connectivity index (χ3n) is 2.06. The van der Waals surface area contributed by atoms with Gasteiger partial charge in [0.15, 0.2) is 6.29 Å². The molecule has 0 saturated carbocycles. The molecular weight excluding hydrogens is 242 g/mol. The molecular formula is C11H8BrNO. The quantitative estimate of drug-likeness (QED) is 0.728.